The van der Waals surface area contributed by atoms with Gasteiger partial charge in [-0.2, -0.15) is 5.26 Å². The Balaban J connectivity index is 3.19. The Bertz CT molecular complexity index is 701. The molecule has 9 nitrogen and oxygen atoms in total. The van der Waals surface area contributed by atoms with E-state index >= 15 is 0 Å². The predicted molar refractivity (Wildman–Crippen MR) is 98.2 cm³/mol. The second kappa shape index (κ2) is 11.6. The summed E-state index contributed by atoms with van der Waals surface area (Å²) in [6.07, 6.45) is -1.36. The molecule has 1 rings (SSSR count). The fourth-order valence-corrected chi connectivity index (χ4v) is 4.47. The first-order valence-electron chi connectivity index (χ1n) is 8.51. The van der Waals surface area contributed by atoms with Crippen molar-refractivity contribution in [1.29, 1.82) is 5.26 Å². The molecule has 1 atom stereocenters. The molecule has 0 saturated carbocycles. The van der Waals surface area contributed by atoms with Crippen LogP contribution < -0.4 is 4.52 Å². The summed E-state index contributed by atoms with van der Waals surface area (Å²) in [6.45, 7) is 6.85. The Morgan fingerprint density at radius 2 is 1.37 bits per heavy atom. The van der Waals surface area contributed by atoms with Gasteiger partial charge in [0.2, 0.25) is 0 Å². The normalized spacial score (nSPS) is 13.1. The zero-order chi connectivity index (χ0) is 20.3. The molecule has 0 N–H and O–H groups in total. The number of phosphoric ester groups is 2. The summed E-state index contributed by atoms with van der Waals surface area (Å²) >= 11 is 0. The van der Waals surface area contributed by atoms with Gasteiger partial charge in [-0.25, -0.2) is 9.13 Å². The molecular formula is C16H25NO8P2. The molecule has 0 spiro atoms. The van der Waals surface area contributed by atoms with Gasteiger partial charge >= 0.3 is 15.6 Å². The van der Waals surface area contributed by atoms with Crippen LogP contribution in [-0.4, -0.2) is 26.4 Å². The van der Waals surface area contributed by atoms with Gasteiger partial charge in [0.1, 0.15) is 11.8 Å². The van der Waals surface area contributed by atoms with Gasteiger partial charge < -0.3 is 4.52 Å². The Kier molecular flexibility index (Phi) is 10.2. The fourth-order valence-electron chi connectivity index (χ4n) is 2.00. The number of hydrogen-bond donors (Lipinski definition) is 0. The van der Waals surface area contributed by atoms with E-state index in [9.17, 15) is 14.4 Å². The number of phosphoric acid groups is 2. The monoisotopic (exact) mass is 421 g/mol. The molecule has 152 valence electrons. The number of hydrogen-bond acceptors (Lipinski definition) is 9. The molecule has 27 heavy (non-hydrogen) atoms. The molecule has 0 heterocycles. The lowest BCUT2D eigenvalue weighted by atomic mass is 10.1. The zero-order valence-corrected chi connectivity index (χ0v) is 17.6. The molecule has 1 aromatic rings. The van der Waals surface area contributed by atoms with E-state index in [2.05, 4.69) is 0 Å². The van der Waals surface area contributed by atoms with Gasteiger partial charge in [-0.15, -0.1) is 0 Å². The highest BCUT2D eigenvalue weighted by atomic mass is 31.2. The average molecular weight is 421 g/mol. The minimum atomic E-state index is -3.96. The van der Waals surface area contributed by atoms with Gasteiger partial charge in [0.15, 0.2) is 6.10 Å². The zero-order valence-electron chi connectivity index (χ0n) is 15.8. The van der Waals surface area contributed by atoms with Gasteiger partial charge in [-0.3, -0.25) is 22.6 Å². The maximum absolute atomic E-state index is 12.6. The van der Waals surface area contributed by atoms with Crippen molar-refractivity contribution < 1.29 is 36.3 Å². The van der Waals surface area contributed by atoms with E-state index in [1.807, 2.05) is 6.07 Å². The van der Waals surface area contributed by atoms with Crippen molar-refractivity contribution >= 4 is 15.6 Å². The van der Waals surface area contributed by atoms with E-state index < -0.39 is 21.7 Å². The molecule has 0 aliphatic heterocycles. The van der Waals surface area contributed by atoms with Crippen LogP contribution in [0.5, 0.6) is 5.75 Å². The summed E-state index contributed by atoms with van der Waals surface area (Å²) in [7, 11) is -7.85. The van der Waals surface area contributed by atoms with Crippen molar-refractivity contribution in [2.24, 2.45) is 0 Å². The lowest BCUT2D eigenvalue weighted by Crippen LogP contribution is -2.08. The number of para-hydroxylation sites is 1. The number of rotatable bonds is 13. The van der Waals surface area contributed by atoms with E-state index in [0.29, 0.717) is 0 Å². The summed E-state index contributed by atoms with van der Waals surface area (Å²) in [5, 5.41) is 9.51. The van der Waals surface area contributed by atoms with Crippen LogP contribution in [0.4, 0.5) is 0 Å². The maximum atomic E-state index is 12.6. The van der Waals surface area contributed by atoms with Crippen LogP contribution in [-0.2, 0) is 31.7 Å². The molecule has 0 radical (unpaired) electrons. The van der Waals surface area contributed by atoms with Crippen LogP contribution in [0.3, 0.4) is 0 Å². The Labute approximate surface area is 159 Å². The largest absolute Gasteiger partial charge is 0.530 e. The first kappa shape index (κ1) is 23.8. The van der Waals surface area contributed by atoms with Crippen LogP contribution in [0.15, 0.2) is 24.3 Å². The quantitative estimate of drug-likeness (QED) is 0.406. The molecule has 0 amide bonds. The summed E-state index contributed by atoms with van der Waals surface area (Å²) in [4.78, 5) is 0. The van der Waals surface area contributed by atoms with Crippen molar-refractivity contribution in [1.82, 2.24) is 0 Å². The molecule has 0 aliphatic carbocycles. The molecule has 0 aliphatic rings. The minimum Gasteiger partial charge on any atom is -0.404 e. The van der Waals surface area contributed by atoms with Crippen LogP contribution in [0, 0.1) is 11.3 Å². The maximum Gasteiger partial charge on any atom is 0.530 e. The smallest absolute Gasteiger partial charge is 0.404 e. The van der Waals surface area contributed by atoms with Gasteiger partial charge in [-0.05, 0) is 33.8 Å². The van der Waals surface area contributed by atoms with Crippen molar-refractivity contribution in [2.75, 3.05) is 26.4 Å². The second-order valence-electron chi connectivity index (χ2n) is 4.81. The Morgan fingerprint density at radius 3 is 1.85 bits per heavy atom. The third kappa shape index (κ3) is 7.36. The standard InChI is InChI=1S/C16H25NO8P2/c1-5-20-26(18,21-6-2)24-15-12-10-9-11-14(15)16(13-17)25-27(19,22-7-3)23-8-4/h9-12,16H,5-8H2,1-4H3. The molecule has 0 saturated heterocycles. The highest BCUT2D eigenvalue weighted by Crippen LogP contribution is 2.55. The van der Waals surface area contributed by atoms with Crippen molar-refractivity contribution in [3.63, 3.8) is 0 Å². The fraction of sp³-hybridized carbons (Fsp3) is 0.562. The van der Waals surface area contributed by atoms with Crippen LogP contribution in [0.25, 0.3) is 0 Å². The van der Waals surface area contributed by atoms with Gasteiger partial charge in [0, 0.05) is 5.56 Å². The summed E-state index contributed by atoms with van der Waals surface area (Å²) in [5.74, 6) is 0.0360. The lowest BCUT2D eigenvalue weighted by Gasteiger charge is -2.22. The summed E-state index contributed by atoms with van der Waals surface area (Å²) in [5.41, 5.74) is 0.180. The van der Waals surface area contributed by atoms with E-state index in [4.69, 9.17) is 27.1 Å². The molecule has 0 bridgehead atoms. The van der Waals surface area contributed by atoms with E-state index in [-0.39, 0.29) is 37.7 Å². The Hall–Kier alpha value is -1.23. The summed E-state index contributed by atoms with van der Waals surface area (Å²) < 4.78 is 56.3. The van der Waals surface area contributed by atoms with E-state index in [0.717, 1.165) is 0 Å². The van der Waals surface area contributed by atoms with Gasteiger partial charge in [-0.1, -0.05) is 18.2 Å². The lowest BCUT2D eigenvalue weighted by molar-refractivity contribution is 0.102. The third-order valence-electron chi connectivity index (χ3n) is 2.91. The first-order valence-corrected chi connectivity index (χ1v) is 11.4. The van der Waals surface area contributed by atoms with E-state index in [1.54, 1.807) is 39.8 Å². The van der Waals surface area contributed by atoms with Gasteiger partial charge in [0.25, 0.3) is 0 Å². The third-order valence-corrected chi connectivity index (χ3v) is 6.10. The first-order chi connectivity index (χ1) is 12.9. The number of nitrogens with zero attached hydrogens (tertiary/aromatic N) is 1. The van der Waals surface area contributed by atoms with E-state index in [1.165, 1.54) is 12.1 Å². The summed E-state index contributed by atoms with van der Waals surface area (Å²) in [6, 6.07) is 8.09. The van der Waals surface area contributed by atoms with Crippen molar-refractivity contribution in [2.45, 2.75) is 33.8 Å². The predicted octanol–water partition coefficient (Wildman–Crippen LogP) is 5.01. The van der Waals surface area contributed by atoms with Crippen molar-refractivity contribution in [3.05, 3.63) is 29.8 Å². The molecule has 1 unspecified atom stereocenters. The van der Waals surface area contributed by atoms with Crippen LogP contribution >= 0.6 is 15.6 Å². The second-order valence-corrected chi connectivity index (χ2v) is 8.02. The highest BCUT2D eigenvalue weighted by Gasteiger charge is 2.34. The molecule has 1 aromatic carbocycles. The topological polar surface area (TPSA) is 113 Å². The van der Waals surface area contributed by atoms with Gasteiger partial charge in [0.05, 0.1) is 26.4 Å². The van der Waals surface area contributed by atoms with Crippen LogP contribution in [0.2, 0.25) is 0 Å². The SMILES string of the molecule is CCOP(=O)(OCC)Oc1ccccc1C(C#N)OP(=O)(OCC)OCC. The molecule has 11 heteroatoms. The minimum absolute atomic E-state index is 0.0360. The molecule has 0 aromatic heterocycles. The number of nitriles is 1. The Morgan fingerprint density at radius 1 is 0.889 bits per heavy atom. The molecule has 0 fully saturated rings. The van der Waals surface area contributed by atoms with Crippen LogP contribution in [0.1, 0.15) is 39.4 Å². The number of benzene rings is 1. The average Bonchev–Trinajstić information content (AvgIpc) is 2.61. The molecular weight excluding hydrogens is 396 g/mol. The highest BCUT2D eigenvalue weighted by molar-refractivity contribution is 7.49. The van der Waals surface area contributed by atoms with Crippen molar-refractivity contribution in [3.8, 4) is 11.8 Å².